The number of hydrogen-bond acceptors (Lipinski definition) is 4. The van der Waals surface area contributed by atoms with Gasteiger partial charge in [-0.15, -0.1) is 0 Å². The number of nitrogens with two attached hydrogens (primary N) is 2. The van der Waals surface area contributed by atoms with E-state index in [1.54, 1.807) is 0 Å². The van der Waals surface area contributed by atoms with Gasteiger partial charge in [0.15, 0.2) is 0 Å². The van der Waals surface area contributed by atoms with Crippen LogP contribution in [0.3, 0.4) is 0 Å². The summed E-state index contributed by atoms with van der Waals surface area (Å²) in [7, 11) is 0. The van der Waals surface area contributed by atoms with Gasteiger partial charge in [0.1, 0.15) is 5.82 Å². The zero-order valence-electron chi connectivity index (χ0n) is 4.59. The predicted octanol–water partition coefficient (Wildman–Crippen LogP) is -1.07. The number of H-pyrrole nitrogens is 1. The van der Waals surface area contributed by atoms with Crippen molar-refractivity contribution >= 4 is 11.8 Å². The third-order valence-corrected chi connectivity index (χ3v) is 0.780. The minimum Gasteiger partial charge on any atom is -0.383 e. The van der Waals surface area contributed by atoms with Crippen molar-refractivity contribution in [3.63, 3.8) is 0 Å². The van der Waals surface area contributed by atoms with Crippen LogP contribution >= 0.6 is 0 Å². The second-order valence-corrected chi connectivity index (χ2v) is 1.56. The quantitative estimate of drug-likeness (QED) is 0.389. The Balaban J connectivity index is 3.33. The van der Waals surface area contributed by atoms with Crippen LogP contribution in [0.2, 0.25) is 0 Å². The zero-order valence-corrected chi connectivity index (χ0v) is 4.59. The monoisotopic (exact) mass is 130 g/mol. The highest BCUT2D eigenvalue weighted by atomic mass is 16.2. The van der Waals surface area contributed by atoms with Gasteiger partial charge in [-0.2, -0.15) is 4.98 Å². The zero-order chi connectivity index (χ0) is 6.85. The first kappa shape index (κ1) is 5.61. The molecule has 0 unspecified atom stereocenters. The van der Waals surface area contributed by atoms with Crippen molar-refractivity contribution in [1.29, 1.82) is 0 Å². The molecule has 0 radical (unpaired) electrons. The molecule has 0 spiro atoms. The van der Waals surface area contributed by atoms with Crippen LogP contribution in [0.4, 0.5) is 11.8 Å². The van der Waals surface area contributed by atoms with E-state index < -0.39 is 0 Å². The molecule has 48 valence electrons. The summed E-state index contributed by atoms with van der Waals surface area (Å²) in [5, 5.41) is 0. The second-order valence-electron chi connectivity index (χ2n) is 1.56. The molecule has 0 aliphatic carbocycles. The van der Waals surface area contributed by atoms with E-state index in [1.165, 1.54) is 0 Å². The molecule has 0 atom stereocenters. The minimum absolute atomic E-state index is 0.0417. The standard InChI is InChI=1S/C4H6N4O/c5-2-1-3(9)8-4(6)7-2/h1H,(H5,5,6,7,8,9)/i5+1,6+1,7+1,8+1. The Kier molecular flexibility index (Phi) is 1.11. The number of hydrogen-bond donors (Lipinski definition) is 3. The maximum Gasteiger partial charge on any atom is 0.254 e. The van der Waals surface area contributed by atoms with E-state index in [0.717, 1.165) is 6.07 Å². The number of anilines is 2. The molecule has 0 fully saturated rings. The summed E-state index contributed by atoms with van der Waals surface area (Å²) < 4.78 is 0. The molecule has 0 saturated carbocycles. The topological polar surface area (TPSA) is 97.8 Å². The second kappa shape index (κ2) is 1.77. The van der Waals surface area contributed by atoms with Crippen LogP contribution in [-0.2, 0) is 0 Å². The van der Waals surface area contributed by atoms with Gasteiger partial charge < -0.3 is 11.5 Å². The fraction of sp³-hybridized carbons (Fsp3) is 0. The molecular formula is C4H6N4O. The normalized spacial score (nSPS) is 9.33. The molecule has 0 aromatic carbocycles. The van der Waals surface area contributed by atoms with Crippen molar-refractivity contribution < 1.29 is 0 Å². The number of nitrogens with zero attached hydrogens (tertiary/aromatic N) is 1. The van der Waals surface area contributed by atoms with Crippen LogP contribution in [0, 0.1) is 0 Å². The third kappa shape index (κ3) is 1.18. The molecule has 0 aliphatic rings. The van der Waals surface area contributed by atoms with Gasteiger partial charge in [0, 0.05) is 6.07 Å². The lowest BCUT2D eigenvalue weighted by atomic mass is 10.7. The molecule has 1 aromatic heterocycles. The van der Waals surface area contributed by atoms with Gasteiger partial charge >= 0.3 is 0 Å². The average molecular weight is 130 g/mol. The maximum absolute atomic E-state index is 10.5. The van der Waals surface area contributed by atoms with E-state index >= 15 is 0 Å². The Morgan fingerprint density at radius 1 is 1.56 bits per heavy atom. The first-order valence-corrected chi connectivity index (χ1v) is 2.31. The van der Waals surface area contributed by atoms with Crippen molar-refractivity contribution in [1.82, 2.24) is 9.97 Å². The number of nitrogen functional groups attached to an aromatic ring is 2. The molecule has 9 heavy (non-hydrogen) atoms. The minimum atomic E-state index is -0.333. The van der Waals surface area contributed by atoms with Crippen molar-refractivity contribution in [2.75, 3.05) is 11.5 Å². The number of aromatic nitrogens is 2. The van der Waals surface area contributed by atoms with Gasteiger partial charge in [-0.05, 0) is 0 Å². The molecule has 0 bridgehead atoms. The molecule has 5 nitrogen and oxygen atoms in total. The Bertz CT molecular complexity index is 242. The SMILES string of the molecule is [15NH2]c1cc(=O)[15nH]c([15NH2])[15n]1. The smallest absolute Gasteiger partial charge is 0.254 e. The first-order valence-electron chi connectivity index (χ1n) is 2.31. The van der Waals surface area contributed by atoms with Crippen molar-refractivity contribution in [2.45, 2.75) is 0 Å². The molecular weight excluding hydrogens is 124 g/mol. The van der Waals surface area contributed by atoms with Crippen LogP contribution in [0.5, 0.6) is 0 Å². The van der Waals surface area contributed by atoms with E-state index in [2.05, 4.69) is 9.97 Å². The van der Waals surface area contributed by atoms with Crippen LogP contribution < -0.4 is 17.0 Å². The lowest BCUT2D eigenvalue weighted by molar-refractivity contribution is 1.14. The molecule has 0 aliphatic heterocycles. The highest BCUT2D eigenvalue weighted by Crippen LogP contribution is 1.89. The molecule has 1 aromatic rings. The van der Waals surface area contributed by atoms with Gasteiger partial charge in [0.25, 0.3) is 5.56 Å². The largest absolute Gasteiger partial charge is 0.383 e. The van der Waals surface area contributed by atoms with E-state index in [0.29, 0.717) is 0 Å². The Labute approximate surface area is 50.7 Å². The van der Waals surface area contributed by atoms with E-state index in [1.807, 2.05) is 0 Å². The van der Waals surface area contributed by atoms with Gasteiger partial charge in [-0.25, -0.2) is 0 Å². The molecule has 0 saturated heterocycles. The Morgan fingerprint density at radius 2 is 2.22 bits per heavy atom. The van der Waals surface area contributed by atoms with Gasteiger partial charge in [-0.3, -0.25) is 9.78 Å². The predicted molar refractivity (Wildman–Crippen MR) is 33.7 cm³/mol. The van der Waals surface area contributed by atoms with E-state index in [9.17, 15) is 4.79 Å². The molecule has 1 heterocycles. The third-order valence-electron chi connectivity index (χ3n) is 0.780. The van der Waals surface area contributed by atoms with Gasteiger partial charge in [-0.1, -0.05) is 0 Å². The number of aromatic amines is 1. The highest BCUT2D eigenvalue weighted by molar-refractivity contribution is 5.31. The first-order chi connectivity index (χ1) is 4.18. The summed E-state index contributed by atoms with van der Waals surface area (Å²) in [6.07, 6.45) is 0. The fourth-order valence-corrected chi connectivity index (χ4v) is 0.496. The number of rotatable bonds is 0. The van der Waals surface area contributed by atoms with Crippen LogP contribution in [0.15, 0.2) is 10.9 Å². The summed E-state index contributed by atoms with van der Waals surface area (Å²) in [5.74, 6) is 0.177. The summed E-state index contributed by atoms with van der Waals surface area (Å²) in [6, 6.07) is 1.16. The molecule has 5 heteroatoms. The lowest BCUT2D eigenvalue weighted by Gasteiger charge is -1.90. The molecule has 0 amide bonds. The summed E-state index contributed by atoms with van der Waals surface area (Å²) >= 11 is 0. The van der Waals surface area contributed by atoms with E-state index in [4.69, 9.17) is 11.5 Å². The van der Waals surface area contributed by atoms with E-state index in [-0.39, 0.29) is 17.3 Å². The molecule has 5 N–H and O–H groups in total. The summed E-state index contributed by atoms with van der Waals surface area (Å²) in [6.45, 7) is 0. The van der Waals surface area contributed by atoms with Crippen LogP contribution in [0.1, 0.15) is 0 Å². The van der Waals surface area contributed by atoms with Crippen molar-refractivity contribution in [2.24, 2.45) is 0 Å². The van der Waals surface area contributed by atoms with Gasteiger partial charge in [0.2, 0.25) is 5.95 Å². The maximum atomic E-state index is 10.5. The van der Waals surface area contributed by atoms with Crippen molar-refractivity contribution in [3.8, 4) is 0 Å². The van der Waals surface area contributed by atoms with Crippen molar-refractivity contribution in [3.05, 3.63) is 16.4 Å². The average Bonchev–Trinajstić information content (AvgIpc) is 1.59. The molecule has 1 rings (SSSR count). The van der Waals surface area contributed by atoms with Crippen LogP contribution in [0.25, 0.3) is 0 Å². The number of nitrogens with one attached hydrogen (secondary N) is 1. The summed E-state index contributed by atoms with van der Waals surface area (Å²) in [5.41, 5.74) is 9.93. The van der Waals surface area contributed by atoms with Gasteiger partial charge in [0.05, 0.1) is 0 Å². The Hall–Kier alpha value is -1.52. The highest BCUT2D eigenvalue weighted by Gasteiger charge is 1.89. The Morgan fingerprint density at radius 3 is 2.67 bits per heavy atom. The summed E-state index contributed by atoms with van der Waals surface area (Å²) in [4.78, 5) is 16.2. The van der Waals surface area contributed by atoms with Crippen LogP contribution in [-0.4, -0.2) is 9.97 Å². The fourth-order valence-electron chi connectivity index (χ4n) is 0.496. The lowest BCUT2D eigenvalue weighted by Crippen LogP contribution is -2.11.